The first-order chi connectivity index (χ1) is 18.9. The molecule has 0 atom stereocenters. The second kappa shape index (κ2) is 11.3. The van der Waals surface area contributed by atoms with Crippen LogP contribution in [0.1, 0.15) is 0 Å². The number of hydrogen-bond acceptors (Lipinski definition) is 9. The molecule has 2 heterocycles. The van der Waals surface area contributed by atoms with Gasteiger partial charge in [0.2, 0.25) is 5.43 Å². The van der Waals surface area contributed by atoms with Gasteiger partial charge in [0.05, 0.1) is 39.2 Å². The molecule has 0 radical (unpaired) electrons. The molecule has 0 saturated heterocycles. The van der Waals surface area contributed by atoms with Gasteiger partial charge in [0.15, 0.2) is 17.4 Å². The quantitative estimate of drug-likeness (QED) is 0.305. The lowest BCUT2D eigenvalue weighted by atomic mass is 9.93. The zero-order chi connectivity index (χ0) is 27.5. The third-order valence-electron chi connectivity index (χ3n) is 6.34. The monoisotopic (exact) mass is 541 g/mol. The zero-order valence-corrected chi connectivity index (χ0v) is 21.0. The fraction of sp³-hybridized carbons (Fsp3) is 0.286. The largest absolute Gasteiger partial charge is 0.505 e. The smallest absolute Gasteiger partial charge is 0.325 e. The molecule has 2 aromatic rings. The molecule has 204 valence electrons. The highest BCUT2D eigenvalue weighted by Crippen LogP contribution is 2.44. The lowest BCUT2D eigenvalue weighted by molar-refractivity contribution is -0.139. The number of aromatic hydroxyl groups is 1. The summed E-state index contributed by atoms with van der Waals surface area (Å²) in [5, 5.41) is 10.2. The topological polar surface area (TPSA) is 108 Å². The van der Waals surface area contributed by atoms with Crippen molar-refractivity contribution in [3.8, 4) is 33.9 Å². The molecule has 9 nitrogen and oxygen atoms in total. The Hall–Kier alpha value is -4.22. The number of nitrogens with zero attached hydrogens (tertiary/aromatic N) is 1. The van der Waals surface area contributed by atoms with E-state index in [-0.39, 0.29) is 42.1 Å². The first kappa shape index (κ1) is 26.4. The highest BCUT2D eigenvalue weighted by Gasteiger charge is 2.24. The highest BCUT2D eigenvalue weighted by atomic mass is 19.1. The van der Waals surface area contributed by atoms with Gasteiger partial charge in [-0.15, -0.1) is 0 Å². The van der Waals surface area contributed by atoms with Crippen LogP contribution in [-0.4, -0.2) is 64.3 Å². The summed E-state index contributed by atoms with van der Waals surface area (Å²) in [4.78, 5) is 26.1. The summed E-state index contributed by atoms with van der Waals surface area (Å²) in [6, 6.07) is 9.31. The third-order valence-corrected chi connectivity index (χ3v) is 6.34. The van der Waals surface area contributed by atoms with Crippen molar-refractivity contribution in [1.82, 2.24) is 0 Å². The summed E-state index contributed by atoms with van der Waals surface area (Å²) >= 11 is 0. The molecule has 3 aliphatic rings. The molecule has 0 bridgehead atoms. The SMILES string of the molecule is COC(=O)CN1CCOCCOCCOc2ccc(-c3c4cc(F)c(=O)cc-4oc4cc(O)c(F)cc34)cc21. The molecule has 39 heavy (non-hydrogen) atoms. The molecule has 0 saturated carbocycles. The van der Waals surface area contributed by atoms with Crippen LogP contribution >= 0.6 is 0 Å². The van der Waals surface area contributed by atoms with E-state index in [9.17, 15) is 23.5 Å². The summed E-state index contributed by atoms with van der Waals surface area (Å²) in [6.07, 6.45) is 0. The molecule has 11 heteroatoms. The van der Waals surface area contributed by atoms with Crippen LogP contribution in [0.5, 0.6) is 11.5 Å². The van der Waals surface area contributed by atoms with E-state index in [0.717, 1.165) is 24.3 Å². The van der Waals surface area contributed by atoms with E-state index in [4.69, 9.17) is 23.4 Å². The summed E-state index contributed by atoms with van der Waals surface area (Å²) < 4.78 is 56.8. The van der Waals surface area contributed by atoms with Crippen molar-refractivity contribution < 1.29 is 42.0 Å². The van der Waals surface area contributed by atoms with Gasteiger partial charge in [0.25, 0.3) is 0 Å². The van der Waals surface area contributed by atoms with Crippen LogP contribution in [0.25, 0.3) is 33.4 Å². The normalized spacial score (nSPS) is 14.8. The van der Waals surface area contributed by atoms with Crippen LogP contribution < -0.4 is 15.1 Å². The van der Waals surface area contributed by atoms with E-state index in [1.807, 2.05) is 0 Å². The second-order valence-electron chi connectivity index (χ2n) is 8.81. The number of methoxy groups -OCH3 is 1. The van der Waals surface area contributed by atoms with Crippen molar-refractivity contribution in [1.29, 1.82) is 0 Å². The number of rotatable bonds is 3. The summed E-state index contributed by atoms with van der Waals surface area (Å²) in [5.41, 5.74) is 0.781. The van der Waals surface area contributed by atoms with E-state index < -0.39 is 28.8 Å². The average Bonchev–Trinajstić information content (AvgIpc) is 2.91. The number of carbonyl (C=O) groups is 1. The second-order valence-corrected chi connectivity index (χ2v) is 8.81. The zero-order valence-electron chi connectivity index (χ0n) is 21.0. The van der Waals surface area contributed by atoms with Gasteiger partial charge >= 0.3 is 5.97 Å². The number of esters is 1. The maximum Gasteiger partial charge on any atom is 0.325 e. The van der Waals surface area contributed by atoms with Crippen LogP contribution in [0.2, 0.25) is 0 Å². The van der Waals surface area contributed by atoms with Gasteiger partial charge in [-0.05, 0) is 29.8 Å². The van der Waals surface area contributed by atoms with Gasteiger partial charge in [-0.25, -0.2) is 8.78 Å². The number of halogens is 2. The molecule has 0 fully saturated rings. The predicted molar refractivity (Wildman–Crippen MR) is 137 cm³/mol. The maximum atomic E-state index is 14.5. The lowest BCUT2D eigenvalue weighted by Gasteiger charge is -2.27. The first-order valence-electron chi connectivity index (χ1n) is 12.2. The van der Waals surface area contributed by atoms with Crippen molar-refractivity contribution in [3.63, 3.8) is 0 Å². The molecule has 0 amide bonds. The standard InChI is InChI=1S/C28H25F2NO8/c1-35-27(34)15-31-4-5-36-6-7-37-8-9-38-24-3-2-16(10-21(24)31)28-17-11-19(29)22(32)13-25(17)39-26-14-23(33)20(30)12-18(26)28/h2-3,10-14,32H,4-9,15H2,1H3. The Morgan fingerprint density at radius 1 is 1.00 bits per heavy atom. The van der Waals surface area contributed by atoms with E-state index in [0.29, 0.717) is 48.9 Å². The molecule has 1 N–H and O–H groups in total. The van der Waals surface area contributed by atoms with Gasteiger partial charge in [-0.2, -0.15) is 0 Å². The Kier molecular flexibility index (Phi) is 7.62. The Morgan fingerprint density at radius 3 is 2.56 bits per heavy atom. The molecule has 0 spiro atoms. The third kappa shape index (κ3) is 5.50. The molecule has 1 aliphatic carbocycles. The number of fused-ring (bicyclic) bond motifs is 3. The number of phenols is 1. The van der Waals surface area contributed by atoms with Gasteiger partial charge in [-0.3, -0.25) is 9.59 Å². The van der Waals surface area contributed by atoms with Crippen LogP contribution in [0.3, 0.4) is 0 Å². The summed E-state index contributed by atoms with van der Waals surface area (Å²) in [6.45, 7) is 1.79. The summed E-state index contributed by atoms with van der Waals surface area (Å²) in [5.74, 6) is -2.54. The fourth-order valence-electron chi connectivity index (χ4n) is 4.47. The molecule has 5 rings (SSSR count). The van der Waals surface area contributed by atoms with E-state index in [1.165, 1.54) is 7.11 Å². The Bertz CT molecular complexity index is 1550. The number of phenolic OH excluding ortho intramolecular Hbond substituents is 1. The van der Waals surface area contributed by atoms with Crippen molar-refractivity contribution in [3.05, 3.63) is 64.3 Å². The Labute approximate surface area is 221 Å². The van der Waals surface area contributed by atoms with Crippen LogP contribution in [0, 0.1) is 11.6 Å². The molecule has 0 aromatic heterocycles. The number of carbonyl (C=O) groups excluding carboxylic acids is 1. The molecule has 0 unspecified atom stereocenters. The number of anilines is 1. The number of ether oxygens (including phenoxy) is 4. The molecular formula is C28H25F2NO8. The Balaban J connectivity index is 1.75. The van der Waals surface area contributed by atoms with E-state index in [2.05, 4.69) is 0 Å². The Morgan fingerprint density at radius 2 is 1.77 bits per heavy atom. The van der Waals surface area contributed by atoms with Crippen molar-refractivity contribution in [2.45, 2.75) is 0 Å². The van der Waals surface area contributed by atoms with Crippen LogP contribution in [0.15, 0.2) is 51.7 Å². The molecule has 2 aromatic carbocycles. The fourth-order valence-corrected chi connectivity index (χ4v) is 4.47. The average molecular weight is 542 g/mol. The first-order valence-corrected chi connectivity index (χ1v) is 12.2. The van der Waals surface area contributed by atoms with E-state index in [1.54, 1.807) is 23.1 Å². The number of hydrogen-bond donors (Lipinski definition) is 1. The minimum Gasteiger partial charge on any atom is -0.505 e. The minimum atomic E-state index is -1.00. The van der Waals surface area contributed by atoms with Gasteiger partial charge in [0, 0.05) is 35.2 Å². The van der Waals surface area contributed by atoms with Crippen molar-refractivity contribution in [2.24, 2.45) is 0 Å². The number of benzene rings is 3. The van der Waals surface area contributed by atoms with Crippen molar-refractivity contribution in [2.75, 3.05) is 58.1 Å². The predicted octanol–water partition coefficient (Wildman–Crippen LogP) is 3.95. The molecule has 2 aliphatic heterocycles. The van der Waals surface area contributed by atoms with E-state index >= 15 is 0 Å². The van der Waals surface area contributed by atoms with Crippen molar-refractivity contribution >= 4 is 22.6 Å². The highest BCUT2D eigenvalue weighted by molar-refractivity contribution is 6.03. The minimum absolute atomic E-state index is 0.0518. The van der Waals surface area contributed by atoms with Gasteiger partial charge < -0.3 is 33.4 Å². The van der Waals surface area contributed by atoms with Gasteiger partial charge in [0.1, 0.15) is 30.2 Å². The summed E-state index contributed by atoms with van der Waals surface area (Å²) in [7, 11) is 1.29. The van der Waals surface area contributed by atoms with Crippen LogP contribution in [-0.2, 0) is 19.0 Å². The molecular weight excluding hydrogens is 516 g/mol. The van der Waals surface area contributed by atoms with Gasteiger partial charge in [-0.1, -0.05) is 6.07 Å². The maximum absolute atomic E-state index is 14.5. The van der Waals surface area contributed by atoms with Crippen LogP contribution in [0.4, 0.5) is 14.5 Å². The lowest BCUT2D eigenvalue weighted by Crippen LogP contribution is -2.34.